The van der Waals surface area contributed by atoms with Gasteiger partial charge in [-0.2, -0.15) is 0 Å². The molecule has 1 aliphatic heterocycles. The van der Waals surface area contributed by atoms with Gasteiger partial charge >= 0.3 is 11.9 Å². The number of nitro benzene ring substituents is 1. The highest BCUT2D eigenvalue weighted by Gasteiger charge is 2.59. The van der Waals surface area contributed by atoms with Gasteiger partial charge in [0.15, 0.2) is 5.60 Å². The molecule has 0 radical (unpaired) electrons. The Morgan fingerprint density at radius 1 is 1.33 bits per heavy atom. The van der Waals surface area contributed by atoms with Gasteiger partial charge in [-0.3, -0.25) is 19.7 Å². The van der Waals surface area contributed by atoms with Crippen LogP contribution in [0.15, 0.2) is 42.5 Å². The molecule has 0 spiro atoms. The van der Waals surface area contributed by atoms with Crippen molar-refractivity contribution in [2.45, 2.75) is 12.0 Å². The number of carboxylic acids is 1. The van der Waals surface area contributed by atoms with Crippen LogP contribution in [0.2, 0.25) is 0 Å². The molecule has 1 saturated heterocycles. The smallest absolute Gasteiger partial charge is 0.311 e. The Hall–Kier alpha value is -3.49. The number of halogens is 1. The molecule has 2 atom stereocenters. The van der Waals surface area contributed by atoms with Crippen LogP contribution in [0, 0.1) is 21.8 Å². The van der Waals surface area contributed by atoms with Gasteiger partial charge in [-0.1, -0.05) is 18.2 Å². The molecule has 0 saturated carbocycles. The summed E-state index contributed by atoms with van der Waals surface area (Å²) >= 11 is 0. The number of nitrogens with zero attached hydrogens (tertiary/aromatic N) is 1. The molecular weight excluding hydrogens is 361 g/mol. The molecule has 0 aliphatic carbocycles. The summed E-state index contributed by atoms with van der Waals surface area (Å²) in [5.74, 6) is -4.48. The van der Waals surface area contributed by atoms with Crippen molar-refractivity contribution in [1.29, 1.82) is 0 Å². The van der Waals surface area contributed by atoms with E-state index in [0.29, 0.717) is 0 Å². The van der Waals surface area contributed by atoms with E-state index in [1.165, 1.54) is 25.3 Å². The van der Waals surface area contributed by atoms with Gasteiger partial charge in [0.2, 0.25) is 0 Å². The number of hydrogen-bond acceptors (Lipinski definition) is 6. The van der Waals surface area contributed by atoms with E-state index in [9.17, 15) is 29.2 Å². The second-order valence-electron chi connectivity index (χ2n) is 5.92. The van der Waals surface area contributed by atoms with Crippen LogP contribution in [-0.2, 0) is 19.9 Å². The number of ether oxygens (including phenoxy) is 2. The van der Waals surface area contributed by atoms with Gasteiger partial charge in [0.1, 0.15) is 17.5 Å². The minimum atomic E-state index is -2.11. The Balaban J connectivity index is 2.44. The van der Waals surface area contributed by atoms with E-state index < -0.39 is 46.3 Å². The summed E-state index contributed by atoms with van der Waals surface area (Å²) in [5, 5.41) is 21.3. The van der Waals surface area contributed by atoms with Gasteiger partial charge in [-0.05, 0) is 18.2 Å². The molecule has 2 aromatic carbocycles. The number of cyclic esters (lactones) is 1. The van der Waals surface area contributed by atoms with E-state index in [-0.39, 0.29) is 16.9 Å². The largest absolute Gasteiger partial charge is 0.496 e. The van der Waals surface area contributed by atoms with Gasteiger partial charge in [0, 0.05) is 11.6 Å². The number of carboxylic acid groups (broad SMARTS) is 1. The number of carbonyl (C=O) groups is 2. The average Bonchev–Trinajstić information content (AvgIpc) is 3.00. The lowest BCUT2D eigenvalue weighted by Crippen LogP contribution is -2.39. The van der Waals surface area contributed by atoms with Crippen molar-refractivity contribution in [3.63, 3.8) is 0 Å². The first kappa shape index (κ1) is 18.3. The number of nitro groups is 1. The first-order valence-electron chi connectivity index (χ1n) is 7.83. The van der Waals surface area contributed by atoms with Crippen LogP contribution in [0.4, 0.5) is 10.1 Å². The molecule has 140 valence electrons. The number of esters is 1. The van der Waals surface area contributed by atoms with E-state index >= 15 is 0 Å². The summed E-state index contributed by atoms with van der Waals surface area (Å²) in [6.45, 7) is 0. The second-order valence-corrected chi connectivity index (χ2v) is 5.92. The Morgan fingerprint density at radius 2 is 2.04 bits per heavy atom. The summed E-state index contributed by atoms with van der Waals surface area (Å²) in [4.78, 5) is 34.8. The van der Waals surface area contributed by atoms with Crippen LogP contribution in [0.1, 0.15) is 17.5 Å². The van der Waals surface area contributed by atoms with E-state index in [2.05, 4.69) is 0 Å². The van der Waals surface area contributed by atoms with Crippen molar-refractivity contribution in [2.75, 3.05) is 7.11 Å². The Kier molecular flexibility index (Phi) is 4.52. The molecule has 1 aliphatic rings. The Bertz CT molecular complexity index is 945. The maximum atomic E-state index is 14.0. The van der Waals surface area contributed by atoms with E-state index in [0.717, 1.165) is 18.2 Å². The van der Waals surface area contributed by atoms with Crippen LogP contribution in [0.3, 0.4) is 0 Å². The highest BCUT2D eigenvalue weighted by atomic mass is 19.1. The lowest BCUT2D eigenvalue weighted by molar-refractivity contribution is -0.386. The molecular formula is C18H14FNO7. The predicted octanol–water partition coefficient (Wildman–Crippen LogP) is 2.63. The maximum absolute atomic E-state index is 14.0. The first-order chi connectivity index (χ1) is 12.8. The summed E-state index contributed by atoms with van der Waals surface area (Å²) in [6, 6.07) is 8.67. The summed E-state index contributed by atoms with van der Waals surface area (Å²) in [6.07, 6.45) is -0.527. The zero-order valence-electron chi connectivity index (χ0n) is 14.0. The third kappa shape index (κ3) is 2.86. The van der Waals surface area contributed by atoms with Crippen LogP contribution in [-0.4, -0.2) is 29.1 Å². The normalized spacial score (nSPS) is 21.6. The number of methoxy groups -OCH3 is 1. The van der Waals surface area contributed by atoms with E-state index in [1.54, 1.807) is 6.07 Å². The third-order valence-electron chi connectivity index (χ3n) is 4.50. The van der Waals surface area contributed by atoms with Crippen molar-refractivity contribution in [3.05, 3.63) is 69.5 Å². The lowest BCUT2D eigenvalue weighted by atomic mass is 9.75. The van der Waals surface area contributed by atoms with E-state index in [4.69, 9.17) is 9.47 Å². The molecule has 3 rings (SSSR count). The molecule has 1 fully saturated rings. The highest BCUT2D eigenvalue weighted by Crippen LogP contribution is 2.52. The van der Waals surface area contributed by atoms with Crippen molar-refractivity contribution in [3.8, 4) is 5.75 Å². The monoisotopic (exact) mass is 375 g/mol. The maximum Gasteiger partial charge on any atom is 0.311 e. The van der Waals surface area contributed by atoms with Crippen molar-refractivity contribution < 1.29 is 33.5 Å². The number of para-hydroxylation sites is 1. The Labute approximate surface area is 152 Å². The number of carbonyl (C=O) groups excluding carboxylic acids is 1. The summed E-state index contributed by atoms with van der Waals surface area (Å²) in [5.41, 5.74) is -2.96. The molecule has 0 amide bonds. The average molecular weight is 375 g/mol. The van der Waals surface area contributed by atoms with Crippen LogP contribution in [0.5, 0.6) is 5.75 Å². The zero-order valence-corrected chi connectivity index (χ0v) is 14.0. The minimum Gasteiger partial charge on any atom is -0.496 e. The van der Waals surface area contributed by atoms with Crippen molar-refractivity contribution in [2.24, 2.45) is 5.92 Å². The molecule has 0 aromatic heterocycles. The van der Waals surface area contributed by atoms with Gasteiger partial charge in [-0.25, -0.2) is 4.39 Å². The van der Waals surface area contributed by atoms with Gasteiger partial charge < -0.3 is 14.6 Å². The molecule has 9 heteroatoms. The number of benzene rings is 2. The molecule has 8 nitrogen and oxygen atoms in total. The molecule has 2 aromatic rings. The second kappa shape index (κ2) is 6.67. The molecule has 27 heavy (non-hydrogen) atoms. The number of aliphatic carboxylic acids is 1. The molecule has 0 bridgehead atoms. The van der Waals surface area contributed by atoms with Crippen molar-refractivity contribution >= 4 is 17.6 Å². The van der Waals surface area contributed by atoms with Crippen LogP contribution in [0.25, 0.3) is 0 Å². The number of hydrogen-bond donors (Lipinski definition) is 1. The topological polar surface area (TPSA) is 116 Å². The molecule has 1 N–H and O–H groups in total. The lowest BCUT2D eigenvalue weighted by Gasteiger charge is -2.33. The standard InChI is InChI=1S/C18H14FNO7/c1-26-15-5-3-2-4-11(15)18(13(17(22)23)9-16(21)27-18)12-8-10(19)6-7-14(12)20(24)25/h2-8,13H,9H2,1H3,(H,22,23)/t13-,18-/m1/s1. The van der Waals surface area contributed by atoms with Crippen molar-refractivity contribution in [1.82, 2.24) is 0 Å². The fourth-order valence-corrected chi connectivity index (χ4v) is 3.41. The molecule has 0 unspecified atom stereocenters. The first-order valence-corrected chi connectivity index (χ1v) is 7.83. The van der Waals surface area contributed by atoms with Crippen LogP contribution >= 0.6 is 0 Å². The summed E-state index contributed by atoms with van der Waals surface area (Å²) < 4.78 is 24.7. The SMILES string of the molecule is COc1ccccc1[C@]1(c2cc(F)ccc2[N+](=O)[O-])OC(=O)C[C@@H]1C(=O)O. The zero-order chi connectivity index (χ0) is 19.8. The minimum absolute atomic E-state index is 0.0828. The van der Waals surface area contributed by atoms with Crippen LogP contribution < -0.4 is 4.74 Å². The fourth-order valence-electron chi connectivity index (χ4n) is 3.41. The number of rotatable bonds is 5. The fraction of sp³-hybridized carbons (Fsp3) is 0.222. The van der Waals surface area contributed by atoms with E-state index in [1.807, 2.05) is 0 Å². The van der Waals surface area contributed by atoms with Gasteiger partial charge in [0.05, 0.1) is 24.0 Å². The third-order valence-corrected chi connectivity index (χ3v) is 4.50. The highest BCUT2D eigenvalue weighted by molar-refractivity contribution is 5.86. The quantitative estimate of drug-likeness (QED) is 0.485. The predicted molar refractivity (Wildman–Crippen MR) is 88.7 cm³/mol. The van der Waals surface area contributed by atoms with Gasteiger partial charge in [-0.15, -0.1) is 0 Å². The Morgan fingerprint density at radius 3 is 2.67 bits per heavy atom. The molecule has 1 heterocycles. The summed E-state index contributed by atoms with van der Waals surface area (Å²) in [7, 11) is 1.32. The van der Waals surface area contributed by atoms with Gasteiger partial charge in [0.25, 0.3) is 5.69 Å².